The number of benzene rings is 1. The standard InChI is InChI=1S/C15H25N3O/c1-11(2)17-13(15(16)19)9-10-18(4)14-8-6-5-7-12(14)3/h5-8,11,13,17H,9-10H2,1-4H3,(H2,16,19). The topological polar surface area (TPSA) is 58.4 Å². The highest BCUT2D eigenvalue weighted by atomic mass is 16.1. The van der Waals surface area contributed by atoms with Crippen molar-refractivity contribution >= 4 is 11.6 Å². The number of amides is 1. The van der Waals surface area contributed by atoms with Crippen LogP contribution in [0.1, 0.15) is 25.8 Å². The summed E-state index contributed by atoms with van der Waals surface area (Å²) in [5.41, 5.74) is 7.84. The van der Waals surface area contributed by atoms with E-state index in [1.165, 1.54) is 11.3 Å². The van der Waals surface area contributed by atoms with E-state index in [0.717, 1.165) is 6.54 Å². The normalized spacial score (nSPS) is 12.5. The van der Waals surface area contributed by atoms with Gasteiger partial charge < -0.3 is 16.0 Å². The Bertz CT molecular complexity index is 418. The summed E-state index contributed by atoms with van der Waals surface area (Å²) >= 11 is 0. The van der Waals surface area contributed by atoms with Crippen molar-refractivity contribution < 1.29 is 4.79 Å². The molecule has 0 fully saturated rings. The van der Waals surface area contributed by atoms with E-state index in [4.69, 9.17) is 5.73 Å². The lowest BCUT2D eigenvalue weighted by Gasteiger charge is -2.25. The van der Waals surface area contributed by atoms with E-state index in [0.29, 0.717) is 6.42 Å². The first kappa shape index (κ1) is 15.5. The number of carbonyl (C=O) groups is 1. The molecule has 0 aliphatic carbocycles. The second kappa shape index (κ2) is 7.14. The maximum Gasteiger partial charge on any atom is 0.234 e. The summed E-state index contributed by atoms with van der Waals surface area (Å²) in [5, 5.41) is 3.20. The van der Waals surface area contributed by atoms with E-state index in [1.54, 1.807) is 0 Å². The van der Waals surface area contributed by atoms with Crippen LogP contribution in [0.5, 0.6) is 0 Å². The van der Waals surface area contributed by atoms with E-state index in [9.17, 15) is 4.79 Å². The summed E-state index contributed by atoms with van der Waals surface area (Å²) in [6.07, 6.45) is 0.707. The van der Waals surface area contributed by atoms with Crippen LogP contribution in [0.25, 0.3) is 0 Å². The largest absolute Gasteiger partial charge is 0.374 e. The lowest BCUT2D eigenvalue weighted by molar-refractivity contribution is -0.120. The fourth-order valence-corrected chi connectivity index (χ4v) is 2.15. The zero-order valence-electron chi connectivity index (χ0n) is 12.3. The van der Waals surface area contributed by atoms with Gasteiger partial charge in [0.1, 0.15) is 0 Å². The summed E-state index contributed by atoms with van der Waals surface area (Å²) < 4.78 is 0. The van der Waals surface area contributed by atoms with E-state index in [-0.39, 0.29) is 18.0 Å². The average molecular weight is 263 g/mol. The number of carbonyl (C=O) groups excluding carboxylic acids is 1. The predicted octanol–water partition coefficient (Wildman–Crippen LogP) is 1.67. The van der Waals surface area contributed by atoms with Gasteiger partial charge >= 0.3 is 0 Å². The van der Waals surface area contributed by atoms with Gasteiger partial charge in [0.2, 0.25) is 5.91 Å². The number of rotatable bonds is 7. The van der Waals surface area contributed by atoms with Gasteiger partial charge in [0.15, 0.2) is 0 Å². The molecular weight excluding hydrogens is 238 g/mol. The van der Waals surface area contributed by atoms with Crippen LogP contribution in [0.2, 0.25) is 0 Å². The number of primary amides is 1. The number of anilines is 1. The first-order chi connectivity index (χ1) is 8.91. The van der Waals surface area contributed by atoms with Gasteiger partial charge in [0.25, 0.3) is 0 Å². The monoisotopic (exact) mass is 263 g/mol. The SMILES string of the molecule is Cc1ccccc1N(C)CCC(NC(C)C)C(N)=O. The molecule has 0 spiro atoms. The van der Waals surface area contributed by atoms with Gasteiger partial charge in [0, 0.05) is 25.3 Å². The number of hydrogen-bond donors (Lipinski definition) is 2. The number of nitrogens with one attached hydrogen (secondary N) is 1. The van der Waals surface area contributed by atoms with Gasteiger partial charge in [-0.15, -0.1) is 0 Å². The number of hydrogen-bond acceptors (Lipinski definition) is 3. The molecule has 1 aromatic carbocycles. The quantitative estimate of drug-likeness (QED) is 0.787. The minimum Gasteiger partial charge on any atom is -0.374 e. The van der Waals surface area contributed by atoms with Crippen LogP contribution in [0, 0.1) is 6.92 Å². The van der Waals surface area contributed by atoms with Crippen molar-refractivity contribution in [1.29, 1.82) is 0 Å². The van der Waals surface area contributed by atoms with Gasteiger partial charge in [-0.1, -0.05) is 32.0 Å². The second-order valence-corrected chi connectivity index (χ2v) is 5.27. The molecule has 1 aromatic rings. The zero-order valence-corrected chi connectivity index (χ0v) is 12.3. The predicted molar refractivity (Wildman–Crippen MR) is 80.3 cm³/mol. The fourth-order valence-electron chi connectivity index (χ4n) is 2.15. The van der Waals surface area contributed by atoms with Crippen LogP contribution >= 0.6 is 0 Å². The van der Waals surface area contributed by atoms with Crippen LogP contribution in [-0.2, 0) is 4.79 Å². The molecule has 0 saturated heterocycles. The Morgan fingerprint density at radius 3 is 2.53 bits per heavy atom. The number of nitrogens with zero attached hydrogens (tertiary/aromatic N) is 1. The number of para-hydroxylation sites is 1. The molecule has 0 aliphatic heterocycles. The van der Waals surface area contributed by atoms with Crippen LogP contribution in [0.15, 0.2) is 24.3 Å². The Hall–Kier alpha value is -1.55. The second-order valence-electron chi connectivity index (χ2n) is 5.27. The molecule has 1 rings (SSSR count). The Labute approximate surface area is 116 Å². The van der Waals surface area contributed by atoms with Crippen LogP contribution in [0.4, 0.5) is 5.69 Å². The number of aryl methyl sites for hydroxylation is 1. The summed E-state index contributed by atoms with van der Waals surface area (Å²) in [7, 11) is 2.04. The molecule has 1 unspecified atom stereocenters. The van der Waals surface area contributed by atoms with Crippen molar-refractivity contribution in [3.05, 3.63) is 29.8 Å². The Kier molecular flexibility index (Phi) is 5.83. The summed E-state index contributed by atoms with van der Waals surface area (Å²) in [6.45, 7) is 6.91. The smallest absolute Gasteiger partial charge is 0.234 e. The fraction of sp³-hybridized carbons (Fsp3) is 0.533. The molecular formula is C15H25N3O. The van der Waals surface area contributed by atoms with E-state index < -0.39 is 0 Å². The molecule has 19 heavy (non-hydrogen) atoms. The first-order valence-corrected chi connectivity index (χ1v) is 6.74. The van der Waals surface area contributed by atoms with Gasteiger partial charge in [0.05, 0.1) is 6.04 Å². The lowest BCUT2D eigenvalue weighted by Crippen LogP contribution is -2.46. The minimum atomic E-state index is -0.285. The zero-order chi connectivity index (χ0) is 14.4. The lowest BCUT2D eigenvalue weighted by atomic mass is 10.1. The van der Waals surface area contributed by atoms with E-state index in [2.05, 4.69) is 29.3 Å². The third-order valence-corrected chi connectivity index (χ3v) is 3.16. The van der Waals surface area contributed by atoms with Crippen molar-refractivity contribution in [3.8, 4) is 0 Å². The Balaban J connectivity index is 2.59. The molecule has 1 amide bonds. The summed E-state index contributed by atoms with van der Waals surface area (Å²) in [5.74, 6) is -0.285. The Morgan fingerprint density at radius 2 is 2.00 bits per heavy atom. The van der Waals surface area contributed by atoms with E-state index in [1.807, 2.05) is 33.0 Å². The molecule has 3 N–H and O–H groups in total. The molecule has 1 atom stereocenters. The molecule has 0 aliphatic rings. The van der Waals surface area contributed by atoms with Crippen LogP contribution in [0.3, 0.4) is 0 Å². The summed E-state index contributed by atoms with van der Waals surface area (Å²) in [4.78, 5) is 13.6. The van der Waals surface area contributed by atoms with Crippen LogP contribution < -0.4 is 16.0 Å². The first-order valence-electron chi connectivity index (χ1n) is 6.74. The van der Waals surface area contributed by atoms with Crippen molar-refractivity contribution in [2.24, 2.45) is 5.73 Å². The molecule has 0 saturated carbocycles. The maximum atomic E-state index is 11.4. The molecule has 0 aromatic heterocycles. The molecule has 4 nitrogen and oxygen atoms in total. The highest BCUT2D eigenvalue weighted by Gasteiger charge is 2.16. The van der Waals surface area contributed by atoms with Gasteiger partial charge in [-0.05, 0) is 25.0 Å². The molecule has 0 heterocycles. The van der Waals surface area contributed by atoms with Gasteiger partial charge in [-0.2, -0.15) is 0 Å². The third kappa shape index (κ3) is 4.91. The van der Waals surface area contributed by atoms with Gasteiger partial charge in [-0.3, -0.25) is 4.79 Å². The maximum absolute atomic E-state index is 11.4. The average Bonchev–Trinajstić information content (AvgIpc) is 2.34. The van der Waals surface area contributed by atoms with Crippen molar-refractivity contribution in [2.75, 3.05) is 18.5 Å². The Morgan fingerprint density at radius 1 is 1.37 bits per heavy atom. The highest BCUT2D eigenvalue weighted by molar-refractivity contribution is 5.79. The summed E-state index contributed by atoms with van der Waals surface area (Å²) in [6, 6.07) is 8.21. The highest BCUT2D eigenvalue weighted by Crippen LogP contribution is 2.18. The molecule has 0 bridgehead atoms. The van der Waals surface area contributed by atoms with Crippen LogP contribution in [-0.4, -0.2) is 31.6 Å². The molecule has 4 heteroatoms. The van der Waals surface area contributed by atoms with Crippen molar-refractivity contribution in [2.45, 2.75) is 39.3 Å². The number of nitrogens with two attached hydrogens (primary N) is 1. The van der Waals surface area contributed by atoms with Crippen molar-refractivity contribution in [3.63, 3.8) is 0 Å². The third-order valence-electron chi connectivity index (χ3n) is 3.16. The molecule has 106 valence electrons. The minimum absolute atomic E-state index is 0.251. The van der Waals surface area contributed by atoms with E-state index >= 15 is 0 Å². The molecule has 0 radical (unpaired) electrons. The van der Waals surface area contributed by atoms with Gasteiger partial charge in [-0.25, -0.2) is 0 Å². The van der Waals surface area contributed by atoms with Crippen molar-refractivity contribution in [1.82, 2.24) is 5.32 Å².